The van der Waals surface area contributed by atoms with Crippen molar-refractivity contribution in [1.82, 2.24) is 15.2 Å². The fourth-order valence-corrected chi connectivity index (χ4v) is 3.92. The highest BCUT2D eigenvalue weighted by molar-refractivity contribution is 7.09. The highest BCUT2D eigenvalue weighted by Crippen LogP contribution is 2.26. The molecule has 1 aliphatic rings. The molecule has 1 fully saturated rings. The number of thiazole rings is 1. The average Bonchev–Trinajstić information content (AvgIpc) is 3.23. The Kier molecular flexibility index (Phi) is 5.19. The third-order valence-electron chi connectivity index (χ3n) is 4.29. The summed E-state index contributed by atoms with van der Waals surface area (Å²) in [7, 11) is 0. The molecule has 0 spiro atoms. The summed E-state index contributed by atoms with van der Waals surface area (Å²) in [5.41, 5.74) is 1.27. The number of nitrogens with one attached hydrogen (secondary N) is 1. The highest BCUT2D eigenvalue weighted by Gasteiger charge is 2.25. The van der Waals surface area contributed by atoms with Gasteiger partial charge in [0.05, 0.1) is 23.0 Å². The van der Waals surface area contributed by atoms with E-state index in [1.54, 1.807) is 17.6 Å². The summed E-state index contributed by atoms with van der Waals surface area (Å²) in [6.45, 7) is 10.7. The first-order valence-corrected chi connectivity index (χ1v) is 9.35. The molecule has 1 N–H and O–H groups in total. The predicted molar refractivity (Wildman–Crippen MR) is 94.8 cm³/mol. The molecule has 0 aliphatic carbocycles. The third-order valence-corrected chi connectivity index (χ3v) is 5.61. The minimum absolute atomic E-state index is 0.134. The molecule has 1 aliphatic heterocycles. The number of likely N-dealkylation sites (tertiary alicyclic amines) is 1. The van der Waals surface area contributed by atoms with Crippen molar-refractivity contribution in [2.75, 3.05) is 19.6 Å². The molecule has 0 bridgehead atoms. The molecule has 1 saturated heterocycles. The number of nitrogens with zero attached hydrogens (tertiary/aromatic N) is 2. The molecule has 0 aromatic carbocycles. The molecular weight excluding hydrogens is 306 g/mol. The molecule has 0 amide bonds. The van der Waals surface area contributed by atoms with Crippen LogP contribution in [0, 0.1) is 0 Å². The maximum atomic E-state index is 5.66. The molecule has 0 saturated carbocycles. The van der Waals surface area contributed by atoms with Gasteiger partial charge in [-0.05, 0) is 38.1 Å². The molecule has 0 radical (unpaired) electrons. The van der Waals surface area contributed by atoms with E-state index in [2.05, 4.69) is 42.4 Å². The van der Waals surface area contributed by atoms with Crippen LogP contribution in [0.1, 0.15) is 56.1 Å². The van der Waals surface area contributed by atoms with Crippen molar-refractivity contribution < 1.29 is 4.42 Å². The first-order chi connectivity index (χ1) is 11.0. The van der Waals surface area contributed by atoms with Crippen LogP contribution in [-0.2, 0) is 12.0 Å². The Morgan fingerprint density at radius 1 is 1.35 bits per heavy atom. The standard InChI is InChI=1S/C18H27N3OS/c1-18(2,3)17-20-14(13-23-17)11-19-12-15(16-7-6-10-22-16)21-8-4-5-9-21/h6-7,10,13,15,19H,4-5,8-9,11-12H2,1-3H3. The van der Waals surface area contributed by atoms with Crippen LogP contribution in [0.3, 0.4) is 0 Å². The second kappa shape index (κ2) is 7.16. The molecule has 4 nitrogen and oxygen atoms in total. The van der Waals surface area contributed by atoms with E-state index in [4.69, 9.17) is 9.40 Å². The minimum Gasteiger partial charge on any atom is -0.468 e. The zero-order valence-electron chi connectivity index (χ0n) is 14.3. The van der Waals surface area contributed by atoms with E-state index in [9.17, 15) is 0 Å². The quantitative estimate of drug-likeness (QED) is 0.869. The van der Waals surface area contributed by atoms with Crippen molar-refractivity contribution in [3.05, 3.63) is 40.2 Å². The molecule has 126 valence electrons. The zero-order chi connectivity index (χ0) is 16.3. The lowest BCUT2D eigenvalue weighted by Crippen LogP contribution is -2.33. The second-order valence-corrected chi connectivity index (χ2v) is 8.16. The number of aromatic nitrogens is 1. The summed E-state index contributed by atoms with van der Waals surface area (Å²) < 4.78 is 5.66. The van der Waals surface area contributed by atoms with Crippen LogP contribution in [0.25, 0.3) is 0 Å². The monoisotopic (exact) mass is 333 g/mol. The minimum atomic E-state index is 0.134. The summed E-state index contributed by atoms with van der Waals surface area (Å²) in [4.78, 5) is 7.28. The summed E-state index contributed by atoms with van der Waals surface area (Å²) in [6, 6.07) is 4.40. The van der Waals surface area contributed by atoms with Crippen LogP contribution in [0.5, 0.6) is 0 Å². The van der Waals surface area contributed by atoms with E-state index in [1.807, 2.05) is 6.07 Å². The van der Waals surface area contributed by atoms with Crippen molar-refractivity contribution in [1.29, 1.82) is 0 Å². The topological polar surface area (TPSA) is 41.3 Å². The van der Waals surface area contributed by atoms with Crippen molar-refractivity contribution >= 4 is 11.3 Å². The molecule has 23 heavy (non-hydrogen) atoms. The van der Waals surface area contributed by atoms with Crippen molar-refractivity contribution in [3.8, 4) is 0 Å². The molecule has 3 heterocycles. The largest absolute Gasteiger partial charge is 0.468 e. The van der Waals surface area contributed by atoms with Crippen LogP contribution in [0.4, 0.5) is 0 Å². The van der Waals surface area contributed by atoms with Gasteiger partial charge in [0.2, 0.25) is 0 Å². The van der Waals surface area contributed by atoms with Crippen LogP contribution in [-0.4, -0.2) is 29.5 Å². The Morgan fingerprint density at radius 2 is 2.13 bits per heavy atom. The number of hydrogen-bond acceptors (Lipinski definition) is 5. The highest BCUT2D eigenvalue weighted by atomic mass is 32.1. The van der Waals surface area contributed by atoms with Gasteiger partial charge in [-0.25, -0.2) is 4.98 Å². The summed E-state index contributed by atoms with van der Waals surface area (Å²) >= 11 is 1.76. The molecule has 3 rings (SSSR count). The normalized spacial score (nSPS) is 17.7. The third kappa shape index (κ3) is 4.22. The molecule has 2 aromatic heterocycles. The van der Waals surface area contributed by atoms with Gasteiger partial charge < -0.3 is 9.73 Å². The average molecular weight is 334 g/mol. The van der Waals surface area contributed by atoms with Gasteiger partial charge in [-0.15, -0.1) is 11.3 Å². The lowest BCUT2D eigenvalue weighted by molar-refractivity contribution is 0.209. The van der Waals surface area contributed by atoms with E-state index in [-0.39, 0.29) is 5.41 Å². The second-order valence-electron chi connectivity index (χ2n) is 7.30. The SMILES string of the molecule is CC(C)(C)c1nc(CNCC(c2ccco2)N2CCCC2)cs1. The smallest absolute Gasteiger partial charge is 0.122 e. The van der Waals surface area contributed by atoms with Gasteiger partial charge in [0.15, 0.2) is 0 Å². The van der Waals surface area contributed by atoms with Crippen LogP contribution < -0.4 is 5.32 Å². The summed E-state index contributed by atoms with van der Waals surface area (Å²) in [5.74, 6) is 1.06. The van der Waals surface area contributed by atoms with Gasteiger partial charge in [0.1, 0.15) is 5.76 Å². The van der Waals surface area contributed by atoms with E-state index in [1.165, 1.54) is 17.8 Å². The number of rotatable bonds is 6. The summed E-state index contributed by atoms with van der Waals surface area (Å²) in [6.07, 6.45) is 4.35. The van der Waals surface area contributed by atoms with Crippen LogP contribution >= 0.6 is 11.3 Å². The summed E-state index contributed by atoms with van der Waals surface area (Å²) in [5, 5.41) is 6.95. The fourth-order valence-electron chi connectivity index (χ4n) is 3.01. The van der Waals surface area contributed by atoms with Crippen molar-refractivity contribution in [2.45, 2.75) is 51.6 Å². The van der Waals surface area contributed by atoms with Gasteiger partial charge in [0, 0.05) is 23.9 Å². The van der Waals surface area contributed by atoms with E-state index in [0.29, 0.717) is 6.04 Å². The molecule has 1 unspecified atom stereocenters. The first-order valence-electron chi connectivity index (χ1n) is 8.47. The Bertz CT molecular complexity index is 594. The van der Waals surface area contributed by atoms with E-state index >= 15 is 0 Å². The molecule has 2 aromatic rings. The van der Waals surface area contributed by atoms with Gasteiger partial charge in [-0.3, -0.25) is 4.90 Å². The number of furan rings is 1. The maximum Gasteiger partial charge on any atom is 0.122 e. The number of hydrogen-bond donors (Lipinski definition) is 1. The first kappa shape index (κ1) is 16.7. The Labute approximate surface area is 142 Å². The Hall–Kier alpha value is -1.17. The Morgan fingerprint density at radius 3 is 2.74 bits per heavy atom. The van der Waals surface area contributed by atoms with Crippen LogP contribution in [0.15, 0.2) is 28.2 Å². The van der Waals surface area contributed by atoms with E-state index in [0.717, 1.165) is 37.6 Å². The Balaban J connectivity index is 1.58. The lowest BCUT2D eigenvalue weighted by Gasteiger charge is -2.26. The van der Waals surface area contributed by atoms with Gasteiger partial charge in [0.25, 0.3) is 0 Å². The van der Waals surface area contributed by atoms with Crippen molar-refractivity contribution in [2.24, 2.45) is 0 Å². The molecule has 5 heteroatoms. The van der Waals surface area contributed by atoms with E-state index < -0.39 is 0 Å². The molecular formula is C18H27N3OS. The van der Waals surface area contributed by atoms with Gasteiger partial charge >= 0.3 is 0 Å². The lowest BCUT2D eigenvalue weighted by atomic mass is 9.98. The predicted octanol–water partition coefficient (Wildman–Crippen LogP) is 3.96. The van der Waals surface area contributed by atoms with Gasteiger partial charge in [-0.1, -0.05) is 20.8 Å². The van der Waals surface area contributed by atoms with Gasteiger partial charge in [-0.2, -0.15) is 0 Å². The van der Waals surface area contributed by atoms with Crippen LogP contribution in [0.2, 0.25) is 0 Å². The molecule has 1 atom stereocenters. The maximum absolute atomic E-state index is 5.66. The fraction of sp³-hybridized carbons (Fsp3) is 0.611. The van der Waals surface area contributed by atoms with Crippen molar-refractivity contribution in [3.63, 3.8) is 0 Å². The zero-order valence-corrected chi connectivity index (χ0v) is 15.2.